The van der Waals surface area contributed by atoms with Gasteiger partial charge in [0.2, 0.25) is 0 Å². The second-order valence-electron chi connectivity index (χ2n) is 21.0. The highest BCUT2D eigenvalue weighted by molar-refractivity contribution is 6.32. The van der Waals surface area contributed by atoms with E-state index in [0.717, 1.165) is 158 Å². The van der Waals surface area contributed by atoms with Crippen LogP contribution >= 0.6 is 69.6 Å². The smallest absolute Gasteiger partial charge is 0.143 e. The molecule has 1 unspecified atom stereocenters. The van der Waals surface area contributed by atoms with E-state index >= 15 is 0 Å². The Hall–Kier alpha value is -5.34. The Labute approximate surface area is 518 Å². The van der Waals surface area contributed by atoms with E-state index in [0.29, 0.717) is 0 Å². The molecule has 6 aromatic rings. The zero-order valence-electron chi connectivity index (χ0n) is 48.6. The number of rotatable bonds is 3. The van der Waals surface area contributed by atoms with Crippen LogP contribution in [0.15, 0.2) is 109 Å². The number of fused-ring (bicyclic) bond motifs is 6. The Morgan fingerprint density at radius 2 is 0.476 bits per heavy atom. The Morgan fingerprint density at radius 1 is 0.305 bits per heavy atom. The lowest BCUT2D eigenvalue weighted by Gasteiger charge is -2.34. The highest BCUT2D eigenvalue weighted by Gasteiger charge is 2.26. The first-order valence-corrected chi connectivity index (χ1v) is 30.0. The van der Waals surface area contributed by atoms with Crippen LogP contribution < -0.4 is 57.8 Å². The Balaban J connectivity index is 0.000000158. The average molecular weight is 1240 g/mol. The van der Waals surface area contributed by atoms with Gasteiger partial charge in [-0.1, -0.05) is 77.0 Å². The standard InChI is InChI=1S/3C11H14ClNO.3C10H12ClNO.CH4/c3*1-3-13-7-8(2)14-11-5-4-9(12)6-10(11)13;3*1-7-6-12(2)9-5-8(11)3-4-10(9)13-7;/h3*4-6,8H,3,7H2,1-2H3;3*3-5,7H,6H2,1-2H3;1H4/t3*8-;2*7-;;/m11010../s1. The number of halogens is 6. The monoisotopic (exact) mass is 1240 g/mol. The number of benzene rings is 6. The van der Waals surface area contributed by atoms with Crippen molar-refractivity contribution in [3.8, 4) is 34.5 Å². The normalized spacial score (nSPS) is 20.3. The third kappa shape index (κ3) is 17.8. The van der Waals surface area contributed by atoms with Gasteiger partial charge in [0.1, 0.15) is 71.1 Å². The minimum absolute atomic E-state index is 0. The van der Waals surface area contributed by atoms with Crippen LogP contribution in [0, 0.1) is 0 Å². The van der Waals surface area contributed by atoms with Crippen LogP contribution in [0.25, 0.3) is 0 Å². The molecule has 0 N–H and O–H groups in total. The van der Waals surface area contributed by atoms with Crippen molar-refractivity contribution < 1.29 is 28.4 Å². The van der Waals surface area contributed by atoms with Crippen LogP contribution in [0.3, 0.4) is 0 Å². The van der Waals surface area contributed by atoms with Crippen LogP contribution in [0.5, 0.6) is 34.5 Å². The zero-order chi connectivity index (χ0) is 58.7. The summed E-state index contributed by atoms with van der Waals surface area (Å²) >= 11 is 35.5. The van der Waals surface area contributed by atoms with E-state index in [9.17, 15) is 0 Å². The molecule has 6 heterocycles. The molecule has 0 aliphatic carbocycles. The zero-order valence-corrected chi connectivity index (χ0v) is 53.2. The molecular weight excluding hydrogens is 1160 g/mol. The number of anilines is 6. The van der Waals surface area contributed by atoms with E-state index in [2.05, 4.69) is 91.7 Å². The molecule has 82 heavy (non-hydrogen) atoms. The quantitative estimate of drug-likeness (QED) is 0.169. The highest BCUT2D eigenvalue weighted by Crippen LogP contribution is 2.40. The molecule has 18 heteroatoms. The summed E-state index contributed by atoms with van der Waals surface area (Å²) in [6, 6.07) is 34.4. The van der Waals surface area contributed by atoms with E-state index in [1.54, 1.807) is 0 Å². The highest BCUT2D eigenvalue weighted by atomic mass is 35.5. The van der Waals surface area contributed by atoms with Gasteiger partial charge >= 0.3 is 0 Å². The Kier molecular flexibility index (Phi) is 24.4. The lowest BCUT2D eigenvalue weighted by Crippen LogP contribution is -2.38. The fourth-order valence-electron chi connectivity index (χ4n) is 10.3. The van der Waals surface area contributed by atoms with E-state index in [1.807, 2.05) is 130 Å². The summed E-state index contributed by atoms with van der Waals surface area (Å²) in [5.41, 5.74) is 6.55. The second kappa shape index (κ2) is 30.5. The molecule has 0 radical (unpaired) electrons. The molecule has 446 valence electrons. The molecule has 0 saturated heterocycles. The summed E-state index contributed by atoms with van der Waals surface area (Å²) in [6.45, 7) is 27.4. The van der Waals surface area contributed by atoms with Gasteiger partial charge in [0, 0.05) is 70.9 Å². The summed E-state index contributed by atoms with van der Waals surface area (Å²) in [6.07, 6.45) is 1.51. The molecule has 6 aromatic carbocycles. The van der Waals surface area contributed by atoms with Gasteiger partial charge in [-0.25, -0.2) is 0 Å². The van der Waals surface area contributed by atoms with Crippen molar-refractivity contribution in [3.05, 3.63) is 139 Å². The summed E-state index contributed by atoms with van der Waals surface area (Å²) in [5.74, 6) is 5.59. The first kappa shape index (κ1) is 65.8. The second-order valence-corrected chi connectivity index (χ2v) is 23.6. The van der Waals surface area contributed by atoms with E-state index in [4.69, 9.17) is 98.0 Å². The summed E-state index contributed by atoms with van der Waals surface area (Å²) in [4.78, 5) is 13.3. The van der Waals surface area contributed by atoms with Crippen molar-refractivity contribution >= 4 is 104 Å². The van der Waals surface area contributed by atoms with Gasteiger partial charge in [-0.15, -0.1) is 0 Å². The minimum atomic E-state index is 0. The first-order valence-electron chi connectivity index (χ1n) is 27.8. The largest absolute Gasteiger partial charge is 0.487 e. The number of hydrogen-bond acceptors (Lipinski definition) is 12. The molecule has 12 rings (SSSR count). The molecule has 6 atom stereocenters. The van der Waals surface area contributed by atoms with Gasteiger partial charge in [-0.3, -0.25) is 0 Å². The van der Waals surface area contributed by atoms with E-state index < -0.39 is 0 Å². The predicted octanol–water partition coefficient (Wildman–Crippen LogP) is 17.1. The topological polar surface area (TPSA) is 74.8 Å². The Bertz CT molecular complexity index is 2720. The van der Waals surface area contributed by atoms with Gasteiger partial charge in [-0.05, 0) is 172 Å². The third-order valence-electron chi connectivity index (χ3n) is 13.9. The molecule has 0 saturated carbocycles. The van der Waals surface area contributed by atoms with E-state index in [-0.39, 0.29) is 44.1 Å². The van der Waals surface area contributed by atoms with Crippen LogP contribution in [0.1, 0.15) is 69.7 Å². The van der Waals surface area contributed by atoms with Crippen LogP contribution in [-0.4, -0.2) is 117 Å². The van der Waals surface area contributed by atoms with Crippen LogP contribution in [0.4, 0.5) is 34.1 Å². The first-order chi connectivity index (χ1) is 38.6. The number of hydrogen-bond donors (Lipinski definition) is 0. The predicted molar refractivity (Wildman–Crippen MR) is 349 cm³/mol. The van der Waals surface area contributed by atoms with Gasteiger partial charge in [-0.2, -0.15) is 0 Å². The van der Waals surface area contributed by atoms with Crippen molar-refractivity contribution in [3.63, 3.8) is 0 Å². The van der Waals surface area contributed by atoms with Crippen molar-refractivity contribution in [2.45, 2.75) is 106 Å². The molecule has 0 spiro atoms. The third-order valence-corrected chi connectivity index (χ3v) is 15.3. The van der Waals surface area contributed by atoms with Gasteiger partial charge in [0.25, 0.3) is 0 Å². The number of likely N-dealkylation sites (N-methyl/N-ethyl adjacent to an activating group) is 6. The molecular formula is C64H82Cl6N6O6. The summed E-state index contributed by atoms with van der Waals surface area (Å²) < 4.78 is 34.1. The van der Waals surface area contributed by atoms with Crippen molar-refractivity contribution in [1.29, 1.82) is 0 Å². The number of nitrogens with zero attached hydrogens (tertiary/aromatic N) is 6. The maximum Gasteiger partial charge on any atom is 0.143 e. The minimum Gasteiger partial charge on any atom is -0.487 e. The Morgan fingerprint density at radius 3 is 0.671 bits per heavy atom. The molecule has 6 aliphatic heterocycles. The van der Waals surface area contributed by atoms with Gasteiger partial charge in [0.05, 0.1) is 73.4 Å². The average Bonchev–Trinajstić information content (AvgIpc) is 3.64. The SMILES string of the molecule is C.CC1CN(C)c2cc(Cl)ccc2O1.CCN1C[C@@H](C)Oc2ccc(Cl)cc21.CCN1C[C@@H](C)Oc2ccc(Cl)cc21.CCN1C[C@H](C)Oc2ccc(Cl)cc21.C[C@@H]1CN(C)c2cc(Cl)ccc2O1.C[C@H]1CN(C)c2cc(Cl)ccc2O1. The molecule has 0 aromatic heterocycles. The van der Waals surface area contributed by atoms with Crippen molar-refractivity contribution in [1.82, 2.24) is 0 Å². The summed E-state index contributed by atoms with van der Waals surface area (Å²) in [7, 11) is 6.15. The lowest BCUT2D eigenvalue weighted by molar-refractivity contribution is 0.213. The summed E-state index contributed by atoms with van der Waals surface area (Å²) in [5, 5.41) is 4.55. The fraction of sp³-hybridized carbons (Fsp3) is 0.438. The molecule has 0 bridgehead atoms. The lowest BCUT2D eigenvalue weighted by atomic mass is 10.2. The van der Waals surface area contributed by atoms with E-state index in [1.165, 1.54) is 0 Å². The molecule has 6 aliphatic rings. The maximum absolute atomic E-state index is 5.95. The maximum atomic E-state index is 5.95. The molecule has 0 fully saturated rings. The van der Waals surface area contributed by atoms with Crippen molar-refractivity contribution in [2.75, 3.05) is 109 Å². The van der Waals surface area contributed by atoms with Gasteiger partial charge < -0.3 is 57.8 Å². The molecule has 12 nitrogen and oxygen atoms in total. The number of ether oxygens (including phenoxy) is 6. The molecule has 0 amide bonds. The fourth-order valence-corrected chi connectivity index (χ4v) is 11.3. The van der Waals surface area contributed by atoms with Crippen molar-refractivity contribution in [2.24, 2.45) is 0 Å². The van der Waals surface area contributed by atoms with Gasteiger partial charge in [0.15, 0.2) is 0 Å². The van der Waals surface area contributed by atoms with Crippen LogP contribution in [0.2, 0.25) is 30.1 Å². The van der Waals surface area contributed by atoms with Crippen LogP contribution in [-0.2, 0) is 0 Å².